The highest BCUT2D eigenvalue weighted by molar-refractivity contribution is 7.21. The Morgan fingerprint density at radius 3 is 2.47 bits per heavy atom. The summed E-state index contributed by atoms with van der Waals surface area (Å²) in [6.07, 6.45) is 0. The minimum atomic E-state index is 0.0202. The Morgan fingerprint density at radius 2 is 1.79 bits per heavy atom. The van der Waals surface area contributed by atoms with Crippen LogP contribution < -0.4 is 4.74 Å². The van der Waals surface area contributed by atoms with Gasteiger partial charge in [-0.2, -0.15) is 0 Å². The highest BCUT2D eigenvalue weighted by Crippen LogP contribution is 2.35. The van der Waals surface area contributed by atoms with E-state index in [0.29, 0.717) is 5.56 Å². The van der Waals surface area contributed by atoms with E-state index >= 15 is 0 Å². The van der Waals surface area contributed by atoms with Crippen molar-refractivity contribution >= 4 is 21.6 Å². The zero-order valence-corrected chi connectivity index (χ0v) is 10.9. The van der Waals surface area contributed by atoms with E-state index in [1.165, 1.54) is 17.4 Å². The molecule has 3 rings (SSSR count). The lowest BCUT2D eigenvalue weighted by Gasteiger charge is -1.99. The van der Waals surface area contributed by atoms with E-state index in [-0.39, 0.29) is 11.5 Å². The van der Waals surface area contributed by atoms with Crippen molar-refractivity contribution in [3.63, 3.8) is 0 Å². The third kappa shape index (κ3) is 2.20. The highest BCUT2D eigenvalue weighted by atomic mass is 32.1. The molecule has 2 N–H and O–H groups in total. The van der Waals surface area contributed by atoms with E-state index in [1.54, 1.807) is 19.2 Å². The molecular weight excluding hydrogens is 262 g/mol. The Hall–Kier alpha value is -2.27. The van der Waals surface area contributed by atoms with Crippen molar-refractivity contribution < 1.29 is 14.9 Å². The first kappa shape index (κ1) is 11.8. The number of ether oxygens (including phenoxy) is 1. The predicted molar refractivity (Wildman–Crippen MR) is 74.9 cm³/mol. The van der Waals surface area contributed by atoms with Crippen molar-refractivity contribution in [2.45, 2.75) is 0 Å². The zero-order valence-electron chi connectivity index (χ0n) is 10.1. The Balaban J connectivity index is 2.14. The smallest absolute Gasteiger partial charge is 0.124 e. The summed E-state index contributed by atoms with van der Waals surface area (Å²) in [5.41, 5.74) is 1.56. The summed E-state index contributed by atoms with van der Waals surface area (Å²) in [7, 11) is 1.62. The fourth-order valence-electron chi connectivity index (χ4n) is 1.87. The van der Waals surface area contributed by atoms with Crippen molar-refractivity contribution in [3.05, 3.63) is 36.4 Å². The lowest BCUT2D eigenvalue weighted by atomic mass is 10.2. The lowest BCUT2D eigenvalue weighted by molar-refractivity contribution is 0.415. The number of benzene rings is 2. The molecule has 0 amide bonds. The third-order valence-electron chi connectivity index (χ3n) is 2.75. The number of phenols is 2. The van der Waals surface area contributed by atoms with Gasteiger partial charge in [0, 0.05) is 11.6 Å². The zero-order chi connectivity index (χ0) is 13.4. The summed E-state index contributed by atoms with van der Waals surface area (Å²) in [5, 5.41) is 19.8. The van der Waals surface area contributed by atoms with Crippen molar-refractivity contribution in [1.82, 2.24) is 4.98 Å². The van der Waals surface area contributed by atoms with Gasteiger partial charge in [0.05, 0.1) is 17.3 Å². The van der Waals surface area contributed by atoms with Gasteiger partial charge >= 0.3 is 0 Å². The van der Waals surface area contributed by atoms with Gasteiger partial charge in [0.25, 0.3) is 0 Å². The molecule has 1 aromatic heterocycles. The summed E-state index contributed by atoms with van der Waals surface area (Å²) in [6, 6.07) is 10.1. The molecule has 0 saturated carbocycles. The summed E-state index contributed by atoms with van der Waals surface area (Å²) < 4.78 is 6.17. The molecule has 19 heavy (non-hydrogen) atoms. The van der Waals surface area contributed by atoms with Gasteiger partial charge in [-0.25, -0.2) is 4.98 Å². The standard InChI is InChI=1S/C14H11NO3S/c1-18-11-2-3-12-13(7-11)19-14(15-12)8-4-9(16)6-10(17)5-8/h2-7,16-17H,1H3. The van der Waals surface area contributed by atoms with Crippen molar-refractivity contribution in [2.75, 3.05) is 7.11 Å². The van der Waals surface area contributed by atoms with Crippen LogP contribution in [0.15, 0.2) is 36.4 Å². The van der Waals surface area contributed by atoms with Gasteiger partial charge in [-0.05, 0) is 30.3 Å². The molecule has 0 bridgehead atoms. The number of fused-ring (bicyclic) bond motifs is 1. The van der Waals surface area contributed by atoms with Crippen LogP contribution in [-0.2, 0) is 0 Å². The maximum atomic E-state index is 9.51. The Bertz CT molecular complexity index is 731. The van der Waals surface area contributed by atoms with Crippen LogP contribution >= 0.6 is 11.3 Å². The SMILES string of the molecule is COc1ccc2nc(-c3cc(O)cc(O)c3)sc2c1. The highest BCUT2D eigenvalue weighted by Gasteiger charge is 2.09. The van der Waals surface area contributed by atoms with Crippen molar-refractivity contribution in [2.24, 2.45) is 0 Å². The number of phenolic OH excluding ortho intramolecular Hbond substituents is 2. The molecule has 0 atom stereocenters. The molecule has 4 nitrogen and oxygen atoms in total. The predicted octanol–water partition coefficient (Wildman–Crippen LogP) is 3.38. The molecule has 1 heterocycles. The first-order chi connectivity index (χ1) is 9.15. The van der Waals surface area contributed by atoms with Crippen LogP contribution in [0.4, 0.5) is 0 Å². The normalized spacial score (nSPS) is 10.8. The first-order valence-electron chi connectivity index (χ1n) is 5.64. The Morgan fingerprint density at radius 1 is 1.05 bits per heavy atom. The number of hydrogen-bond donors (Lipinski definition) is 2. The Labute approximate surface area is 113 Å². The average Bonchev–Trinajstić information content (AvgIpc) is 2.80. The van der Waals surface area contributed by atoms with Gasteiger partial charge < -0.3 is 14.9 Å². The first-order valence-corrected chi connectivity index (χ1v) is 6.45. The minimum Gasteiger partial charge on any atom is -0.508 e. The lowest BCUT2D eigenvalue weighted by Crippen LogP contribution is -1.80. The molecule has 3 aromatic rings. The molecule has 0 aliphatic carbocycles. The molecule has 0 radical (unpaired) electrons. The van der Waals surface area contributed by atoms with Crippen LogP contribution in [0.5, 0.6) is 17.2 Å². The minimum absolute atomic E-state index is 0.0202. The number of nitrogens with zero attached hydrogens (tertiary/aromatic N) is 1. The van der Waals surface area contributed by atoms with Gasteiger partial charge in [-0.15, -0.1) is 11.3 Å². The number of thiazole rings is 1. The maximum Gasteiger partial charge on any atom is 0.124 e. The van der Waals surface area contributed by atoms with Crippen LogP contribution in [0.25, 0.3) is 20.8 Å². The van der Waals surface area contributed by atoms with Gasteiger partial charge in [0.2, 0.25) is 0 Å². The molecule has 0 spiro atoms. The van der Waals surface area contributed by atoms with E-state index in [0.717, 1.165) is 21.0 Å². The van der Waals surface area contributed by atoms with Crippen LogP contribution in [0.3, 0.4) is 0 Å². The Kier molecular flexibility index (Phi) is 2.76. The van der Waals surface area contributed by atoms with Crippen LogP contribution in [0.1, 0.15) is 0 Å². The average molecular weight is 273 g/mol. The monoisotopic (exact) mass is 273 g/mol. The van der Waals surface area contributed by atoms with Crippen LogP contribution in [0.2, 0.25) is 0 Å². The van der Waals surface area contributed by atoms with Gasteiger partial charge in [-0.3, -0.25) is 0 Å². The summed E-state index contributed by atoms with van der Waals surface area (Å²) in [5.74, 6) is 0.820. The molecule has 0 aliphatic rings. The maximum absolute atomic E-state index is 9.51. The van der Waals surface area contributed by atoms with Crippen molar-refractivity contribution in [3.8, 4) is 27.8 Å². The fraction of sp³-hybridized carbons (Fsp3) is 0.0714. The molecule has 0 fully saturated rings. The van der Waals surface area contributed by atoms with E-state index in [9.17, 15) is 10.2 Å². The number of rotatable bonds is 2. The van der Waals surface area contributed by atoms with E-state index in [4.69, 9.17) is 4.74 Å². The topological polar surface area (TPSA) is 62.6 Å². The summed E-state index contributed by atoms with van der Waals surface area (Å²) in [4.78, 5) is 4.48. The second-order valence-electron chi connectivity index (χ2n) is 4.09. The van der Waals surface area contributed by atoms with Gasteiger partial charge in [0.15, 0.2) is 0 Å². The molecule has 0 aliphatic heterocycles. The number of aromatic nitrogens is 1. The molecule has 0 saturated heterocycles. The molecule has 96 valence electrons. The quantitative estimate of drug-likeness (QED) is 0.751. The van der Waals surface area contributed by atoms with Gasteiger partial charge in [-0.1, -0.05) is 0 Å². The summed E-state index contributed by atoms with van der Waals surface area (Å²) in [6.45, 7) is 0. The largest absolute Gasteiger partial charge is 0.508 e. The van der Waals surface area contributed by atoms with E-state index in [2.05, 4.69) is 4.98 Å². The molecular formula is C14H11NO3S. The molecule has 0 unspecified atom stereocenters. The fourth-order valence-corrected chi connectivity index (χ4v) is 2.86. The van der Waals surface area contributed by atoms with Crippen LogP contribution in [0, 0.1) is 0 Å². The second kappa shape index (κ2) is 4.44. The molecule has 5 heteroatoms. The molecule has 2 aromatic carbocycles. The number of methoxy groups -OCH3 is 1. The van der Waals surface area contributed by atoms with Gasteiger partial charge in [0.1, 0.15) is 22.3 Å². The summed E-state index contributed by atoms with van der Waals surface area (Å²) >= 11 is 1.48. The van der Waals surface area contributed by atoms with Crippen LogP contribution in [-0.4, -0.2) is 22.3 Å². The number of hydrogen-bond acceptors (Lipinski definition) is 5. The van der Waals surface area contributed by atoms with Crippen molar-refractivity contribution in [1.29, 1.82) is 0 Å². The third-order valence-corrected chi connectivity index (χ3v) is 3.81. The van der Waals surface area contributed by atoms with E-state index < -0.39 is 0 Å². The van der Waals surface area contributed by atoms with E-state index in [1.807, 2.05) is 18.2 Å². The number of aromatic hydroxyl groups is 2. The second-order valence-corrected chi connectivity index (χ2v) is 5.12.